The molecule has 0 saturated carbocycles. The van der Waals surface area contributed by atoms with Gasteiger partial charge in [0.1, 0.15) is 34.9 Å². The molecule has 0 unspecified atom stereocenters. The van der Waals surface area contributed by atoms with Gasteiger partial charge in [0, 0.05) is 16.7 Å². The van der Waals surface area contributed by atoms with Gasteiger partial charge in [-0.15, -0.1) is 6.42 Å². The first kappa shape index (κ1) is 13.9. The fourth-order valence-electron chi connectivity index (χ4n) is 1.92. The maximum atomic E-state index is 14.0. The van der Waals surface area contributed by atoms with Crippen LogP contribution in [0.4, 0.5) is 10.2 Å². The second kappa shape index (κ2) is 5.21. The van der Waals surface area contributed by atoms with Gasteiger partial charge in [-0.2, -0.15) is 10.5 Å². The standard InChI is InChI=1S/C15H7FN4O/c1-2-8-3-4-12(16)9(5-8)13-10(6-17)14(19)20-15(21)11(13)7-18/h1,3-5H,(H3,19,20,21). The Labute approximate surface area is 119 Å². The molecule has 3 N–H and O–H groups in total. The Morgan fingerprint density at radius 2 is 1.90 bits per heavy atom. The lowest BCUT2D eigenvalue weighted by Gasteiger charge is -2.10. The van der Waals surface area contributed by atoms with Crippen LogP contribution in [0.1, 0.15) is 16.7 Å². The van der Waals surface area contributed by atoms with Crippen molar-refractivity contribution in [3.05, 3.63) is 51.1 Å². The average Bonchev–Trinajstić information content (AvgIpc) is 2.47. The largest absolute Gasteiger partial charge is 0.384 e. The van der Waals surface area contributed by atoms with E-state index in [0.29, 0.717) is 5.56 Å². The summed E-state index contributed by atoms with van der Waals surface area (Å²) in [5.41, 5.74) is 4.27. The zero-order chi connectivity index (χ0) is 15.6. The number of terminal acetylenes is 1. The molecule has 100 valence electrons. The van der Waals surface area contributed by atoms with E-state index in [1.807, 2.05) is 0 Å². The molecular formula is C15H7FN4O. The molecule has 0 aliphatic rings. The van der Waals surface area contributed by atoms with Crippen LogP contribution < -0.4 is 11.3 Å². The summed E-state index contributed by atoms with van der Waals surface area (Å²) in [6.07, 6.45) is 5.25. The molecule has 2 rings (SSSR count). The van der Waals surface area contributed by atoms with E-state index in [0.717, 1.165) is 6.07 Å². The van der Waals surface area contributed by atoms with Gasteiger partial charge in [0.2, 0.25) is 0 Å². The molecule has 0 radical (unpaired) electrons. The van der Waals surface area contributed by atoms with Gasteiger partial charge in [-0.25, -0.2) is 4.39 Å². The van der Waals surface area contributed by atoms with Crippen LogP contribution in [0.3, 0.4) is 0 Å². The van der Waals surface area contributed by atoms with Crippen molar-refractivity contribution in [2.75, 3.05) is 5.73 Å². The molecule has 1 aromatic heterocycles. The minimum Gasteiger partial charge on any atom is -0.384 e. The van der Waals surface area contributed by atoms with E-state index in [4.69, 9.17) is 22.7 Å². The Hall–Kier alpha value is -3.56. The van der Waals surface area contributed by atoms with Crippen molar-refractivity contribution in [3.8, 4) is 35.6 Å². The monoisotopic (exact) mass is 278 g/mol. The molecule has 0 spiro atoms. The summed E-state index contributed by atoms with van der Waals surface area (Å²) in [4.78, 5) is 14.0. The predicted molar refractivity (Wildman–Crippen MR) is 74.2 cm³/mol. The molecule has 5 nitrogen and oxygen atoms in total. The van der Waals surface area contributed by atoms with E-state index in [9.17, 15) is 9.18 Å². The van der Waals surface area contributed by atoms with Crippen molar-refractivity contribution in [1.29, 1.82) is 10.5 Å². The maximum absolute atomic E-state index is 14.0. The first-order chi connectivity index (χ1) is 10.0. The van der Waals surface area contributed by atoms with Crippen molar-refractivity contribution in [3.63, 3.8) is 0 Å². The van der Waals surface area contributed by atoms with Gasteiger partial charge < -0.3 is 10.7 Å². The number of aromatic nitrogens is 1. The third kappa shape index (κ3) is 2.20. The number of hydrogen-bond acceptors (Lipinski definition) is 4. The Bertz CT molecular complexity index is 923. The summed E-state index contributed by atoms with van der Waals surface area (Å²) in [5, 5.41) is 18.3. The lowest BCUT2D eigenvalue weighted by atomic mass is 9.95. The van der Waals surface area contributed by atoms with E-state index < -0.39 is 16.9 Å². The van der Waals surface area contributed by atoms with Gasteiger partial charge in [-0.05, 0) is 18.2 Å². The number of pyridine rings is 1. The second-order valence-corrected chi connectivity index (χ2v) is 4.06. The minimum absolute atomic E-state index is 0.114. The van der Waals surface area contributed by atoms with Crippen LogP contribution >= 0.6 is 0 Å². The summed E-state index contributed by atoms with van der Waals surface area (Å²) < 4.78 is 14.0. The highest BCUT2D eigenvalue weighted by atomic mass is 19.1. The number of aromatic amines is 1. The normalized spacial score (nSPS) is 9.43. The zero-order valence-electron chi connectivity index (χ0n) is 10.6. The molecular weight excluding hydrogens is 271 g/mol. The van der Waals surface area contributed by atoms with Crippen LogP contribution in [0, 0.1) is 40.8 Å². The van der Waals surface area contributed by atoms with Gasteiger partial charge >= 0.3 is 0 Å². The average molecular weight is 278 g/mol. The van der Waals surface area contributed by atoms with E-state index >= 15 is 0 Å². The first-order valence-corrected chi connectivity index (χ1v) is 5.66. The van der Waals surface area contributed by atoms with Crippen molar-refractivity contribution >= 4 is 5.82 Å². The molecule has 0 bridgehead atoms. The highest BCUT2D eigenvalue weighted by molar-refractivity contribution is 5.81. The number of benzene rings is 1. The number of rotatable bonds is 1. The van der Waals surface area contributed by atoms with E-state index in [-0.39, 0.29) is 22.5 Å². The Balaban J connectivity index is 3.01. The minimum atomic E-state index is -0.797. The van der Waals surface area contributed by atoms with Gasteiger partial charge in [0.25, 0.3) is 5.56 Å². The Kier molecular flexibility index (Phi) is 3.44. The third-order valence-corrected chi connectivity index (χ3v) is 2.87. The summed E-state index contributed by atoms with van der Waals surface area (Å²) in [6.45, 7) is 0. The molecule has 0 saturated heterocycles. The number of nitrogens with two attached hydrogens (primary N) is 1. The number of H-pyrrole nitrogens is 1. The summed E-state index contributed by atoms with van der Waals surface area (Å²) >= 11 is 0. The van der Waals surface area contributed by atoms with E-state index in [1.165, 1.54) is 12.1 Å². The van der Waals surface area contributed by atoms with Gasteiger partial charge in [0.15, 0.2) is 0 Å². The third-order valence-electron chi connectivity index (χ3n) is 2.87. The van der Waals surface area contributed by atoms with Crippen LogP contribution in [0.25, 0.3) is 11.1 Å². The number of nitrogens with zero attached hydrogens (tertiary/aromatic N) is 2. The molecule has 1 aromatic carbocycles. The van der Waals surface area contributed by atoms with E-state index in [2.05, 4.69) is 10.9 Å². The number of nitrogens with one attached hydrogen (secondary N) is 1. The highest BCUT2D eigenvalue weighted by Gasteiger charge is 2.20. The number of hydrogen-bond donors (Lipinski definition) is 2. The summed E-state index contributed by atoms with van der Waals surface area (Å²) in [7, 11) is 0. The Morgan fingerprint density at radius 3 is 2.48 bits per heavy atom. The molecule has 0 fully saturated rings. The van der Waals surface area contributed by atoms with Crippen LogP contribution in [0.5, 0.6) is 0 Å². The van der Waals surface area contributed by atoms with Gasteiger partial charge in [-0.3, -0.25) is 4.79 Å². The van der Waals surface area contributed by atoms with Crippen molar-refractivity contribution in [2.45, 2.75) is 0 Å². The number of anilines is 1. The second-order valence-electron chi connectivity index (χ2n) is 4.06. The van der Waals surface area contributed by atoms with Crippen LogP contribution in [-0.4, -0.2) is 4.98 Å². The van der Waals surface area contributed by atoms with Crippen molar-refractivity contribution in [1.82, 2.24) is 4.98 Å². The predicted octanol–water partition coefficient (Wildman–Crippen LogP) is 1.49. The van der Waals surface area contributed by atoms with Crippen LogP contribution in [0.15, 0.2) is 23.0 Å². The van der Waals surface area contributed by atoms with E-state index in [1.54, 1.807) is 12.1 Å². The quantitative estimate of drug-likeness (QED) is 0.770. The summed E-state index contributed by atoms with van der Waals surface area (Å²) in [5.74, 6) is 1.37. The number of nitrogen functional groups attached to an aromatic ring is 1. The molecule has 21 heavy (non-hydrogen) atoms. The highest BCUT2D eigenvalue weighted by Crippen LogP contribution is 2.30. The fraction of sp³-hybridized carbons (Fsp3) is 0. The lowest BCUT2D eigenvalue weighted by Crippen LogP contribution is -2.16. The van der Waals surface area contributed by atoms with Crippen molar-refractivity contribution < 1.29 is 4.39 Å². The van der Waals surface area contributed by atoms with Crippen LogP contribution in [0.2, 0.25) is 0 Å². The van der Waals surface area contributed by atoms with Gasteiger partial charge in [-0.1, -0.05) is 5.92 Å². The molecule has 0 atom stereocenters. The van der Waals surface area contributed by atoms with Gasteiger partial charge in [0.05, 0.1) is 0 Å². The maximum Gasteiger partial charge on any atom is 0.268 e. The first-order valence-electron chi connectivity index (χ1n) is 5.66. The topological polar surface area (TPSA) is 106 Å². The smallest absolute Gasteiger partial charge is 0.268 e. The number of halogens is 1. The molecule has 0 amide bonds. The molecule has 1 heterocycles. The van der Waals surface area contributed by atoms with Crippen molar-refractivity contribution in [2.24, 2.45) is 0 Å². The molecule has 0 aliphatic heterocycles. The summed E-state index contributed by atoms with van der Waals surface area (Å²) in [6, 6.07) is 7.18. The lowest BCUT2D eigenvalue weighted by molar-refractivity contribution is 0.631. The molecule has 2 aromatic rings. The van der Waals surface area contributed by atoms with Crippen LogP contribution in [-0.2, 0) is 0 Å². The Morgan fingerprint density at radius 1 is 1.24 bits per heavy atom. The number of nitriles is 2. The fourth-order valence-corrected chi connectivity index (χ4v) is 1.92. The molecule has 6 heteroatoms. The molecule has 0 aliphatic carbocycles. The zero-order valence-corrected chi connectivity index (χ0v) is 10.6. The SMILES string of the molecule is C#Cc1ccc(F)c(-c2c(C#N)c(N)[nH]c(=O)c2C#N)c1.